The minimum absolute atomic E-state index is 0.0912. The molecule has 3 nitrogen and oxygen atoms in total. The molecule has 3 aromatic rings. The Morgan fingerprint density at radius 3 is 2.59 bits per heavy atom. The summed E-state index contributed by atoms with van der Waals surface area (Å²) in [4.78, 5) is 15.4. The summed E-state index contributed by atoms with van der Waals surface area (Å²) in [5.41, 5.74) is 4.65. The number of hydrogen-bond acceptors (Lipinski definition) is 1. The van der Waals surface area contributed by atoms with Crippen LogP contribution in [0.5, 0.6) is 0 Å². The molecule has 3 rings (SSSR count). The van der Waals surface area contributed by atoms with Crippen LogP contribution in [0.25, 0.3) is 10.9 Å². The van der Waals surface area contributed by atoms with Crippen LogP contribution in [0.2, 0.25) is 0 Å². The zero-order chi connectivity index (χ0) is 15.4. The molecular formula is C19H20N2O. The fourth-order valence-corrected chi connectivity index (χ4v) is 2.78. The van der Waals surface area contributed by atoms with Crippen molar-refractivity contribution >= 4 is 16.8 Å². The van der Waals surface area contributed by atoms with Gasteiger partial charge in [0.15, 0.2) is 0 Å². The first-order valence-electron chi connectivity index (χ1n) is 7.61. The summed E-state index contributed by atoms with van der Waals surface area (Å²) >= 11 is 0. The second kappa shape index (κ2) is 6.48. The third kappa shape index (κ3) is 3.19. The van der Waals surface area contributed by atoms with Crippen LogP contribution in [0, 0.1) is 6.92 Å². The molecule has 1 heterocycles. The van der Waals surface area contributed by atoms with Crippen LogP contribution in [0.15, 0.2) is 54.6 Å². The summed E-state index contributed by atoms with van der Waals surface area (Å²) in [6.45, 7) is 2.66. The molecule has 1 aromatic heterocycles. The monoisotopic (exact) mass is 292 g/mol. The topological polar surface area (TPSA) is 44.9 Å². The highest BCUT2D eigenvalue weighted by Gasteiger charge is 2.10. The van der Waals surface area contributed by atoms with Gasteiger partial charge in [0.05, 0.1) is 0 Å². The number of aryl methyl sites for hydroxylation is 2. The van der Waals surface area contributed by atoms with Gasteiger partial charge in [0.1, 0.15) is 0 Å². The molecule has 3 heteroatoms. The molecule has 0 spiro atoms. The van der Waals surface area contributed by atoms with Gasteiger partial charge in [-0.15, -0.1) is 0 Å². The number of para-hydroxylation sites is 1. The second-order valence-corrected chi connectivity index (χ2v) is 5.54. The van der Waals surface area contributed by atoms with E-state index in [1.165, 1.54) is 10.9 Å². The normalized spacial score (nSPS) is 10.8. The van der Waals surface area contributed by atoms with Crippen LogP contribution in [-0.4, -0.2) is 10.9 Å². The van der Waals surface area contributed by atoms with Gasteiger partial charge in [-0.05, 0) is 30.5 Å². The molecule has 0 saturated carbocycles. The first-order chi connectivity index (χ1) is 10.7. The molecule has 22 heavy (non-hydrogen) atoms. The van der Waals surface area contributed by atoms with Crippen molar-refractivity contribution in [1.29, 1.82) is 0 Å². The fraction of sp³-hybridized carbons (Fsp3) is 0.211. The summed E-state index contributed by atoms with van der Waals surface area (Å²) < 4.78 is 0. The number of fused-ring (bicyclic) bond motifs is 1. The lowest BCUT2D eigenvalue weighted by Crippen LogP contribution is -2.23. The predicted molar refractivity (Wildman–Crippen MR) is 89.6 cm³/mol. The standard InChI is InChI=1S/C19H20N2O/c1-14-16(17-9-5-6-10-18(17)21-14)11-12-19(22)20-13-15-7-3-2-4-8-15/h2-10,21H,11-13H2,1H3,(H,20,22). The van der Waals surface area contributed by atoms with Crippen molar-refractivity contribution in [2.24, 2.45) is 0 Å². The van der Waals surface area contributed by atoms with Gasteiger partial charge in [-0.2, -0.15) is 0 Å². The number of aromatic nitrogens is 1. The van der Waals surface area contributed by atoms with Crippen molar-refractivity contribution in [3.05, 3.63) is 71.4 Å². The van der Waals surface area contributed by atoms with Crippen LogP contribution in [0.3, 0.4) is 0 Å². The number of rotatable bonds is 5. The lowest BCUT2D eigenvalue weighted by molar-refractivity contribution is -0.121. The minimum atomic E-state index is 0.0912. The van der Waals surface area contributed by atoms with Gasteiger partial charge in [-0.1, -0.05) is 48.5 Å². The Morgan fingerprint density at radius 2 is 1.77 bits per heavy atom. The maximum Gasteiger partial charge on any atom is 0.220 e. The largest absolute Gasteiger partial charge is 0.358 e. The zero-order valence-corrected chi connectivity index (χ0v) is 12.7. The van der Waals surface area contributed by atoms with Crippen LogP contribution >= 0.6 is 0 Å². The Hall–Kier alpha value is -2.55. The van der Waals surface area contributed by atoms with E-state index >= 15 is 0 Å². The molecule has 0 radical (unpaired) electrons. The summed E-state index contributed by atoms with van der Waals surface area (Å²) in [6, 6.07) is 18.2. The molecule has 0 aliphatic rings. The van der Waals surface area contributed by atoms with Gasteiger partial charge in [0.2, 0.25) is 5.91 Å². The summed E-state index contributed by atoms with van der Waals surface area (Å²) in [6.07, 6.45) is 1.27. The number of benzene rings is 2. The highest BCUT2D eigenvalue weighted by Crippen LogP contribution is 2.22. The summed E-state index contributed by atoms with van der Waals surface area (Å²) in [5.74, 6) is 0.0912. The number of carbonyl (C=O) groups excluding carboxylic acids is 1. The van der Waals surface area contributed by atoms with E-state index in [0.717, 1.165) is 23.2 Å². The Bertz CT molecular complexity index is 774. The second-order valence-electron chi connectivity index (χ2n) is 5.54. The molecule has 0 atom stereocenters. The zero-order valence-electron chi connectivity index (χ0n) is 12.7. The van der Waals surface area contributed by atoms with E-state index in [0.29, 0.717) is 13.0 Å². The summed E-state index contributed by atoms with van der Waals surface area (Å²) in [5, 5.41) is 4.20. The van der Waals surface area contributed by atoms with Crippen molar-refractivity contribution in [1.82, 2.24) is 10.3 Å². The lowest BCUT2D eigenvalue weighted by atomic mass is 10.1. The molecule has 2 aromatic carbocycles. The Balaban J connectivity index is 1.59. The Labute approximate surface area is 130 Å². The smallest absolute Gasteiger partial charge is 0.220 e. The SMILES string of the molecule is Cc1[nH]c2ccccc2c1CCC(=O)NCc1ccccc1. The van der Waals surface area contributed by atoms with Crippen molar-refractivity contribution in [3.8, 4) is 0 Å². The Kier molecular flexibility index (Phi) is 4.24. The quantitative estimate of drug-likeness (QED) is 0.739. The number of carbonyl (C=O) groups is 1. The van der Waals surface area contributed by atoms with Crippen LogP contribution in [-0.2, 0) is 17.8 Å². The third-order valence-electron chi connectivity index (χ3n) is 3.96. The average Bonchev–Trinajstić information content (AvgIpc) is 2.87. The molecular weight excluding hydrogens is 272 g/mol. The van der Waals surface area contributed by atoms with E-state index in [4.69, 9.17) is 0 Å². The third-order valence-corrected chi connectivity index (χ3v) is 3.96. The molecule has 2 N–H and O–H groups in total. The minimum Gasteiger partial charge on any atom is -0.358 e. The average molecular weight is 292 g/mol. The Morgan fingerprint density at radius 1 is 1.05 bits per heavy atom. The van der Waals surface area contributed by atoms with Crippen LogP contribution in [0.1, 0.15) is 23.2 Å². The maximum atomic E-state index is 12.0. The van der Waals surface area contributed by atoms with Crippen molar-refractivity contribution in [2.75, 3.05) is 0 Å². The van der Waals surface area contributed by atoms with Crippen molar-refractivity contribution < 1.29 is 4.79 Å². The molecule has 0 aliphatic carbocycles. The molecule has 0 bridgehead atoms. The van der Waals surface area contributed by atoms with Gasteiger partial charge in [-0.3, -0.25) is 4.79 Å². The number of amides is 1. The van der Waals surface area contributed by atoms with Crippen LogP contribution in [0.4, 0.5) is 0 Å². The van der Waals surface area contributed by atoms with Gasteiger partial charge in [0.25, 0.3) is 0 Å². The number of aromatic amines is 1. The first-order valence-corrected chi connectivity index (χ1v) is 7.61. The predicted octanol–water partition coefficient (Wildman–Crippen LogP) is 3.73. The molecule has 1 amide bonds. The highest BCUT2D eigenvalue weighted by molar-refractivity contribution is 5.85. The summed E-state index contributed by atoms with van der Waals surface area (Å²) in [7, 11) is 0. The van der Waals surface area contributed by atoms with Crippen LogP contribution < -0.4 is 5.32 Å². The first kappa shape index (κ1) is 14.4. The van der Waals surface area contributed by atoms with E-state index in [-0.39, 0.29) is 5.91 Å². The molecule has 0 fully saturated rings. The molecule has 0 aliphatic heterocycles. The number of hydrogen-bond donors (Lipinski definition) is 2. The van der Waals surface area contributed by atoms with Gasteiger partial charge < -0.3 is 10.3 Å². The van der Waals surface area contributed by atoms with Gasteiger partial charge >= 0.3 is 0 Å². The van der Waals surface area contributed by atoms with E-state index in [9.17, 15) is 4.79 Å². The van der Waals surface area contributed by atoms with E-state index < -0.39 is 0 Å². The van der Waals surface area contributed by atoms with E-state index in [1.807, 2.05) is 42.5 Å². The molecule has 112 valence electrons. The molecule has 0 saturated heterocycles. The highest BCUT2D eigenvalue weighted by atomic mass is 16.1. The fourth-order valence-electron chi connectivity index (χ4n) is 2.78. The molecule has 0 unspecified atom stereocenters. The van der Waals surface area contributed by atoms with E-state index in [2.05, 4.69) is 29.4 Å². The van der Waals surface area contributed by atoms with Gasteiger partial charge in [0, 0.05) is 29.6 Å². The number of H-pyrrole nitrogens is 1. The number of nitrogens with one attached hydrogen (secondary N) is 2. The van der Waals surface area contributed by atoms with Gasteiger partial charge in [-0.25, -0.2) is 0 Å². The van der Waals surface area contributed by atoms with Crippen molar-refractivity contribution in [3.63, 3.8) is 0 Å². The van der Waals surface area contributed by atoms with E-state index in [1.54, 1.807) is 0 Å². The van der Waals surface area contributed by atoms with Crippen molar-refractivity contribution in [2.45, 2.75) is 26.3 Å². The lowest BCUT2D eigenvalue weighted by Gasteiger charge is -2.06. The maximum absolute atomic E-state index is 12.0.